The Morgan fingerprint density at radius 1 is 0.911 bits per heavy atom. The SMILES string of the molecule is CC1(C(O)CO)C(O)CCC23CCCCC4(CCC21)C3C(=O)C=C1C42CCC3CCC45CCC#CC(O)C(CC4)(C(O)C2)C13C5. The summed E-state index contributed by atoms with van der Waals surface area (Å²) >= 11 is 0. The van der Waals surface area contributed by atoms with Crippen LogP contribution in [0.15, 0.2) is 11.6 Å². The molecule has 14 atom stereocenters. The van der Waals surface area contributed by atoms with Crippen LogP contribution in [0, 0.1) is 67.5 Å². The Balaban J connectivity index is 1.29. The molecule has 9 aliphatic rings. The molecule has 14 unspecified atom stereocenters. The van der Waals surface area contributed by atoms with Crippen molar-refractivity contribution < 1.29 is 30.3 Å². The van der Waals surface area contributed by atoms with E-state index in [2.05, 4.69) is 17.9 Å². The minimum absolute atomic E-state index is 0.0484. The quantitative estimate of drug-likeness (QED) is 0.283. The highest BCUT2D eigenvalue weighted by atomic mass is 16.3. The summed E-state index contributed by atoms with van der Waals surface area (Å²) < 4.78 is 0. The number of hydrogen-bond acceptors (Lipinski definition) is 6. The van der Waals surface area contributed by atoms with Crippen LogP contribution in [0.1, 0.15) is 122 Å². The van der Waals surface area contributed by atoms with Gasteiger partial charge in [-0.2, -0.15) is 0 Å². The Kier molecular flexibility index (Phi) is 6.15. The molecule has 0 aliphatic heterocycles. The number of rotatable bonds is 2. The highest BCUT2D eigenvalue weighted by molar-refractivity contribution is 5.96. The van der Waals surface area contributed by atoms with E-state index in [9.17, 15) is 25.5 Å². The molecular formula is C39H54O6. The third-order valence-corrected chi connectivity index (χ3v) is 17.8. The van der Waals surface area contributed by atoms with Gasteiger partial charge in [-0.05, 0) is 130 Å². The first-order valence-electron chi connectivity index (χ1n) is 18.6. The zero-order valence-electron chi connectivity index (χ0n) is 27.2. The van der Waals surface area contributed by atoms with Gasteiger partial charge >= 0.3 is 0 Å². The first-order valence-corrected chi connectivity index (χ1v) is 18.6. The minimum Gasteiger partial charge on any atom is -0.394 e. The fraction of sp³-hybridized carbons (Fsp3) is 0.872. The van der Waals surface area contributed by atoms with Crippen LogP contribution in [0.5, 0.6) is 0 Å². The Labute approximate surface area is 268 Å². The zero-order chi connectivity index (χ0) is 31.3. The van der Waals surface area contributed by atoms with Crippen LogP contribution in [0.25, 0.3) is 0 Å². The molecule has 6 nitrogen and oxygen atoms in total. The lowest BCUT2D eigenvalue weighted by Crippen LogP contribution is -2.77. The molecule has 7 saturated carbocycles. The third kappa shape index (κ3) is 3.09. The van der Waals surface area contributed by atoms with E-state index in [1.807, 2.05) is 6.92 Å². The Hall–Kier alpha value is -1.23. The van der Waals surface area contributed by atoms with Crippen LogP contribution >= 0.6 is 0 Å². The van der Waals surface area contributed by atoms with Crippen molar-refractivity contribution in [3.63, 3.8) is 0 Å². The molecule has 0 amide bonds. The Morgan fingerprint density at radius 3 is 2.53 bits per heavy atom. The van der Waals surface area contributed by atoms with Crippen LogP contribution in [0.2, 0.25) is 0 Å². The smallest absolute Gasteiger partial charge is 0.159 e. The normalized spacial score (nSPS) is 58.1. The van der Waals surface area contributed by atoms with Crippen molar-refractivity contribution in [2.75, 3.05) is 6.61 Å². The first kappa shape index (κ1) is 29.9. The fourth-order valence-corrected chi connectivity index (χ4v) is 16.2. The van der Waals surface area contributed by atoms with Gasteiger partial charge in [-0.3, -0.25) is 4.79 Å². The predicted octanol–water partition coefficient (Wildman–Crippen LogP) is 4.84. The molecule has 246 valence electrons. The summed E-state index contributed by atoms with van der Waals surface area (Å²) in [5, 5.41) is 57.9. The number of hydrogen-bond donors (Lipinski definition) is 5. The standard InChI is InChI=1S/C39H54O6/c1-33(31(45)22-40)26-9-17-36-13-5-4-12-35(26,15-10-28(33)42)32(36)25(41)20-27-37(36)16-8-24-7-14-34-11-3-2-6-29(43)38(19-18-34,30(44)21-37)39(24,27)23-34/h20,24,26,28-32,40,42-45H,3-5,7-19,21-23H2,1H3. The zero-order valence-corrected chi connectivity index (χ0v) is 27.2. The summed E-state index contributed by atoms with van der Waals surface area (Å²) in [5.41, 5.74) is -1.38. The number of aliphatic hydroxyl groups excluding tert-OH is 5. The molecule has 4 spiro atoms. The molecule has 0 aromatic rings. The second-order valence-electron chi connectivity index (χ2n) is 18.2. The molecule has 5 N–H and O–H groups in total. The summed E-state index contributed by atoms with van der Waals surface area (Å²) in [6, 6.07) is 0. The van der Waals surface area contributed by atoms with Gasteiger partial charge < -0.3 is 25.5 Å². The van der Waals surface area contributed by atoms with Gasteiger partial charge in [-0.1, -0.05) is 31.3 Å². The van der Waals surface area contributed by atoms with Crippen molar-refractivity contribution in [1.82, 2.24) is 0 Å². The molecule has 0 saturated heterocycles. The first-order chi connectivity index (χ1) is 21.5. The number of carbonyl (C=O) groups excluding carboxylic acids is 1. The lowest BCUT2D eigenvalue weighted by Gasteiger charge is -2.80. The van der Waals surface area contributed by atoms with E-state index in [1.165, 1.54) is 12.0 Å². The van der Waals surface area contributed by atoms with Crippen molar-refractivity contribution in [1.29, 1.82) is 0 Å². The van der Waals surface area contributed by atoms with E-state index in [0.29, 0.717) is 18.8 Å². The van der Waals surface area contributed by atoms with Crippen LogP contribution < -0.4 is 0 Å². The molecule has 0 heterocycles. The van der Waals surface area contributed by atoms with Gasteiger partial charge in [0.15, 0.2) is 5.78 Å². The van der Waals surface area contributed by atoms with Gasteiger partial charge in [0, 0.05) is 34.0 Å². The number of fused-ring (bicyclic) bond motifs is 1. The van der Waals surface area contributed by atoms with Gasteiger partial charge in [0.25, 0.3) is 0 Å². The average Bonchev–Trinajstić information content (AvgIpc) is 3.06. The van der Waals surface area contributed by atoms with Gasteiger partial charge in [-0.25, -0.2) is 0 Å². The molecule has 9 aliphatic carbocycles. The summed E-state index contributed by atoms with van der Waals surface area (Å²) in [5.74, 6) is 6.99. The molecule has 7 fully saturated rings. The predicted molar refractivity (Wildman–Crippen MR) is 168 cm³/mol. The summed E-state index contributed by atoms with van der Waals surface area (Å²) in [6.07, 6.45) is 15.5. The van der Waals surface area contributed by atoms with Gasteiger partial charge in [-0.15, -0.1) is 5.92 Å². The van der Waals surface area contributed by atoms with E-state index in [4.69, 9.17) is 0 Å². The van der Waals surface area contributed by atoms with Crippen LogP contribution in [-0.2, 0) is 4.79 Å². The number of ketones is 1. The van der Waals surface area contributed by atoms with Crippen LogP contribution in [0.4, 0.5) is 0 Å². The average molecular weight is 619 g/mol. The highest BCUT2D eigenvalue weighted by Crippen LogP contribution is 2.86. The van der Waals surface area contributed by atoms with Gasteiger partial charge in [0.1, 0.15) is 6.10 Å². The topological polar surface area (TPSA) is 118 Å². The second-order valence-corrected chi connectivity index (χ2v) is 18.2. The molecule has 6 bridgehead atoms. The van der Waals surface area contributed by atoms with E-state index >= 15 is 4.79 Å². The van der Waals surface area contributed by atoms with E-state index < -0.39 is 40.7 Å². The van der Waals surface area contributed by atoms with E-state index in [-0.39, 0.29) is 45.9 Å². The maximum atomic E-state index is 15.3. The summed E-state index contributed by atoms with van der Waals surface area (Å²) in [7, 11) is 0. The van der Waals surface area contributed by atoms with Gasteiger partial charge in [0.2, 0.25) is 0 Å². The lowest BCUT2D eigenvalue weighted by molar-refractivity contribution is -0.289. The molecular weight excluding hydrogens is 564 g/mol. The molecule has 6 heteroatoms. The van der Waals surface area contributed by atoms with Crippen molar-refractivity contribution in [2.45, 2.75) is 147 Å². The van der Waals surface area contributed by atoms with E-state index in [0.717, 1.165) is 96.3 Å². The van der Waals surface area contributed by atoms with E-state index in [1.54, 1.807) is 0 Å². The summed E-state index contributed by atoms with van der Waals surface area (Å²) in [6.45, 7) is 1.59. The number of allylic oxidation sites excluding steroid dienone is 2. The maximum Gasteiger partial charge on any atom is 0.159 e. The molecule has 0 aromatic heterocycles. The monoisotopic (exact) mass is 618 g/mol. The molecule has 0 aromatic carbocycles. The van der Waals surface area contributed by atoms with Crippen molar-refractivity contribution in [3.8, 4) is 11.8 Å². The van der Waals surface area contributed by atoms with Crippen molar-refractivity contribution in [2.24, 2.45) is 55.7 Å². The highest BCUT2D eigenvalue weighted by Gasteiger charge is 2.82. The van der Waals surface area contributed by atoms with Crippen LogP contribution in [-0.4, -0.2) is 62.3 Å². The minimum atomic E-state index is -1.03. The number of carbonyl (C=O) groups is 1. The largest absolute Gasteiger partial charge is 0.394 e. The van der Waals surface area contributed by atoms with Crippen LogP contribution in [0.3, 0.4) is 0 Å². The maximum absolute atomic E-state index is 15.3. The Bertz CT molecular complexity index is 1410. The molecule has 0 radical (unpaired) electrons. The number of aliphatic hydroxyl groups is 5. The molecule has 9 rings (SSSR count). The third-order valence-electron chi connectivity index (χ3n) is 17.8. The Morgan fingerprint density at radius 2 is 1.71 bits per heavy atom. The second kappa shape index (κ2) is 9.26. The van der Waals surface area contributed by atoms with Gasteiger partial charge in [0.05, 0.1) is 24.9 Å². The van der Waals surface area contributed by atoms with Crippen molar-refractivity contribution in [3.05, 3.63) is 11.6 Å². The molecule has 45 heavy (non-hydrogen) atoms. The summed E-state index contributed by atoms with van der Waals surface area (Å²) in [4.78, 5) is 15.3. The van der Waals surface area contributed by atoms with Crippen molar-refractivity contribution >= 4 is 5.78 Å². The lowest BCUT2D eigenvalue weighted by atomic mass is 9.24. The fourth-order valence-electron chi connectivity index (χ4n) is 16.2.